The van der Waals surface area contributed by atoms with Crippen molar-refractivity contribution < 1.29 is 68.7 Å². The van der Waals surface area contributed by atoms with Crippen LogP contribution < -0.4 is 5.32 Å². The highest BCUT2D eigenvalue weighted by Crippen LogP contribution is 2.40. The number of carboxylic acids is 1. The Balaban J connectivity index is 1.64. The van der Waals surface area contributed by atoms with Gasteiger partial charge in [0.25, 0.3) is 0 Å². The molecular weight excluding hydrogens is 634 g/mol. The molecule has 2 aliphatic carbocycles. The molecule has 2 saturated heterocycles. The van der Waals surface area contributed by atoms with E-state index in [1.165, 1.54) is 20.8 Å². The van der Waals surface area contributed by atoms with Gasteiger partial charge in [-0.3, -0.25) is 9.59 Å². The second kappa shape index (κ2) is 17.4. The molecule has 4 fully saturated rings. The Morgan fingerprint density at radius 2 is 1.56 bits per heavy atom. The summed E-state index contributed by atoms with van der Waals surface area (Å²) in [6, 6.07) is -1.24. The third kappa shape index (κ3) is 9.30. The second-order valence-electron chi connectivity index (χ2n) is 14.0. The molecule has 276 valence electrons. The highest BCUT2D eigenvalue weighted by Gasteiger charge is 2.52. The molecule has 0 radical (unpaired) electrons. The standard InChI is InChI=1S/C33H55NO14/c1-5-19-12-20(15(2)36)13-21(29(19)48-33-28(41)27(40)25(38)16(3)44-33)46-32-24(34-17(4)37)30(26(39)23(14-35)47-32)45-22(31(42)43)11-18-9-7-6-8-10-18/h16,18-30,32-33,35,38-41H,5-14H2,1-4H3,(H,34,37)(H,42,43)/t16-,19+,20?,21+,22-,23-,24?,25?,26-,27-,28-,29?,30?,32+,33?/m0/s1. The Morgan fingerprint density at radius 1 is 0.875 bits per heavy atom. The molecule has 15 atom stereocenters. The maximum atomic E-state index is 12.7. The van der Waals surface area contributed by atoms with Crippen molar-refractivity contribution in [2.24, 2.45) is 17.8 Å². The van der Waals surface area contributed by atoms with Gasteiger partial charge in [0.1, 0.15) is 48.4 Å². The summed E-state index contributed by atoms with van der Waals surface area (Å²) in [6.45, 7) is 5.47. The van der Waals surface area contributed by atoms with Gasteiger partial charge < -0.3 is 59.6 Å². The Kier molecular flexibility index (Phi) is 14.2. The Hall–Kier alpha value is -1.79. The number of carbonyl (C=O) groups excluding carboxylic acids is 2. The number of aliphatic hydroxyl groups is 5. The van der Waals surface area contributed by atoms with Crippen LogP contribution in [0.4, 0.5) is 0 Å². The first kappa shape index (κ1) is 39.0. The van der Waals surface area contributed by atoms with Gasteiger partial charge in [0.15, 0.2) is 18.7 Å². The van der Waals surface area contributed by atoms with Crippen LogP contribution in [0.25, 0.3) is 0 Å². The van der Waals surface area contributed by atoms with Gasteiger partial charge in [0.05, 0.1) is 24.9 Å². The smallest absolute Gasteiger partial charge is 0.332 e. The average Bonchev–Trinajstić information content (AvgIpc) is 3.05. The zero-order valence-electron chi connectivity index (χ0n) is 28.3. The highest BCUT2D eigenvalue weighted by atomic mass is 16.7. The number of ketones is 1. The van der Waals surface area contributed by atoms with Crippen LogP contribution in [0.3, 0.4) is 0 Å². The third-order valence-electron chi connectivity index (χ3n) is 10.5. The molecule has 2 aliphatic heterocycles. The number of ether oxygens (including phenoxy) is 5. The summed E-state index contributed by atoms with van der Waals surface area (Å²) in [5.41, 5.74) is 0. The molecule has 4 aliphatic rings. The van der Waals surface area contributed by atoms with Crippen LogP contribution in [0.15, 0.2) is 0 Å². The van der Waals surface area contributed by atoms with Crippen LogP contribution in [-0.2, 0) is 38.1 Å². The second-order valence-corrected chi connectivity index (χ2v) is 14.0. The number of Topliss-reactive ketones (excluding diaryl/α,β-unsaturated/α-hetero) is 1. The topological polar surface area (TPSA) is 231 Å². The zero-order valence-corrected chi connectivity index (χ0v) is 28.3. The fraction of sp³-hybridized carbons (Fsp3) is 0.909. The van der Waals surface area contributed by atoms with Gasteiger partial charge >= 0.3 is 5.97 Å². The summed E-state index contributed by atoms with van der Waals surface area (Å²) in [6.07, 6.45) is -9.25. The molecule has 2 heterocycles. The fourth-order valence-corrected chi connectivity index (χ4v) is 7.69. The van der Waals surface area contributed by atoms with Crippen molar-refractivity contribution >= 4 is 17.7 Å². The Morgan fingerprint density at radius 3 is 2.15 bits per heavy atom. The van der Waals surface area contributed by atoms with Crippen molar-refractivity contribution in [2.45, 2.75) is 165 Å². The summed E-state index contributed by atoms with van der Waals surface area (Å²) in [5, 5.41) is 65.6. The van der Waals surface area contributed by atoms with Crippen LogP contribution in [0.2, 0.25) is 0 Å². The van der Waals surface area contributed by atoms with Gasteiger partial charge in [-0.2, -0.15) is 0 Å². The van der Waals surface area contributed by atoms with Crippen LogP contribution in [0.5, 0.6) is 0 Å². The van der Waals surface area contributed by atoms with Crippen LogP contribution >= 0.6 is 0 Å². The van der Waals surface area contributed by atoms with Crippen LogP contribution in [-0.4, -0.2) is 135 Å². The SMILES string of the molecule is CC[C@@H]1CC(C(C)=O)C[C@@H](O[C@@H]2O[C@@H](CO)[C@H](O)C(O[C@@H](CC3CCCCC3)C(=O)O)C2NC(C)=O)C1OC1O[C@@H](C)C(O)[C@H](O)[C@@H]1O. The molecule has 4 rings (SSSR count). The lowest BCUT2D eigenvalue weighted by Crippen LogP contribution is -2.67. The molecule has 0 aromatic carbocycles. The van der Waals surface area contributed by atoms with E-state index in [4.69, 9.17) is 23.7 Å². The van der Waals surface area contributed by atoms with Gasteiger partial charge in [0.2, 0.25) is 5.91 Å². The van der Waals surface area contributed by atoms with Crippen molar-refractivity contribution in [3.8, 4) is 0 Å². The molecule has 1 amide bonds. The number of carbonyl (C=O) groups is 3. The Bertz CT molecular complexity index is 1070. The van der Waals surface area contributed by atoms with Crippen molar-refractivity contribution in [1.82, 2.24) is 5.32 Å². The number of hydrogen-bond donors (Lipinski definition) is 7. The monoisotopic (exact) mass is 689 g/mol. The average molecular weight is 690 g/mol. The molecule has 2 saturated carbocycles. The minimum Gasteiger partial charge on any atom is -0.479 e. The molecule has 15 heteroatoms. The minimum atomic E-state index is -1.60. The van der Waals surface area contributed by atoms with E-state index in [1.54, 1.807) is 0 Å². The number of amides is 1. The molecule has 0 aromatic heterocycles. The lowest BCUT2D eigenvalue weighted by Gasteiger charge is -2.49. The summed E-state index contributed by atoms with van der Waals surface area (Å²) in [4.78, 5) is 37.6. The van der Waals surface area contributed by atoms with E-state index in [-0.39, 0.29) is 30.5 Å². The normalized spacial score (nSPS) is 41.8. The lowest BCUT2D eigenvalue weighted by atomic mass is 9.75. The first-order chi connectivity index (χ1) is 22.7. The van der Waals surface area contributed by atoms with E-state index < -0.39 is 104 Å². The van der Waals surface area contributed by atoms with Crippen molar-refractivity contribution in [2.75, 3.05) is 6.61 Å². The van der Waals surface area contributed by atoms with Crippen LogP contribution in [0, 0.1) is 17.8 Å². The zero-order chi connectivity index (χ0) is 35.3. The van der Waals surface area contributed by atoms with Crippen molar-refractivity contribution in [3.63, 3.8) is 0 Å². The fourth-order valence-electron chi connectivity index (χ4n) is 7.69. The van der Waals surface area contributed by atoms with Crippen LogP contribution in [0.1, 0.15) is 85.5 Å². The largest absolute Gasteiger partial charge is 0.479 e. The molecular formula is C33H55NO14. The number of rotatable bonds is 13. The van der Waals surface area contributed by atoms with E-state index in [1.807, 2.05) is 6.92 Å². The summed E-state index contributed by atoms with van der Waals surface area (Å²) < 4.78 is 30.6. The van der Waals surface area contributed by atoms with E-state index in [2.05, 4.69) is 5.32 Å². The van der Waals surface area contributed by atoms with Gasteiger partial charge in [0, 0.05) is 12.8 Å². The lowest BCUT2D eigenvalue weighted by molar-refractivity contribution is -0.338. The molecule has 0 spiro atoms. The van der Waals surface area contributed by atoms with E-state index in [0.717, 1.165) is 32.1 Å². The number of carboxylic acid groups (broad SMARTS) is 1. The van der Waals surface area contributed by atoms with E-state index in [9.17, 15) is 45.0 Å². The summed E-state index contributed by atoms with van der Waals surface area (Å²) in [7, 11) is 0. The van der Waals surface area contributed by atoms with Crippen molar-refractivity contribution in [1.29, 1.82) is 0 Å². The molecule has 7 N–H and O–H groups in total. The van der Waals surface area contributed by atoms with Gasteiger partial charge in [-0.05, 0) is 44.9 Å². The van der Waals surface area contributed by atoms with Gasteiger partial charge in [-0.1, -0.05) is 45.4 Å². The first-order valence-corrected chi connectivity index (χ1v) is 17.4. The predicted molar refractivity (Wildman–Crippen MR) is 166 cm³/mol. The molecule has 48 heavy (non-hydrogen) atoms. The number of hydrogen-bond acceptors (Lipinski definition) is 13. The summed E-state index contributed by atoms with van der Waals surface area (Å²) >= 11 is 0. The summed E-state index contributed by atoms with van der Waals surface area (Å²) in [5.74, 6) is -2.46. The van der Waals surface area contributed by atoms with Gasteiger partial charge in [-0.15, -0.1) is 0 Å². The maximum Gasteiger partial charge on any atom is 0.332 e. The number of nitrogens with one attached hydrogen (secondary N) is 1. The quantitative estimate of drug-likeness (QED) is 0.135. The Labute approximate surface area is 281 Å². The maximum absolute atomic E-state index is 12.7. The molecule has 15 nitrogen and oxygen atoms in total. The minimum absolute atomic E-state index is 0.0820. The van der Waals surface area contributed by atoms with E-state index in [0.29, 0.717) is 12.8 Å². The van der Waals surface area contributed by atoms with E-state index >= 15 is 0 Å². The molecule has 0 aromatic rings. The molecule has 0 bridgehead atoms. The number of aliphatic carboxylic acids is 1. The first-order valence-electron chi connectivity index (χ1n) is 17.4. The predicted octanol–water partition coefficient (Wildman–Crippen LogP) is 0.00110. The highest BCUT2D eigenvalue weighted by molar-refractivity contribution is 5.78. The molecule has 6 unspecified atom stereocenters. The third-order valence-corrected chi connectivity index (χ3v) is 10.5. The van der Waals surface area contributed by atoms with Crippen molar-refractivity contribution in [3.05, 3.63) is 0 Å². The van der Waals surface area contributed by atoms with Gasteiger partial charge in [-0.25, -0.2) is 4.79 Å². The number of aliphatic hydroxyl groups excluding tert-OH is 5.